The summed E-state index contributed by atoms with van der Waals surface area (Å²) in [5, 5.41) is 31.4. The van der Waals surface area contributed by atoms with Crippen molar-refractivity contribution in [3.63, 3.8) is 0 Å². The van der Waals surface area contributed by atoms with Crippen LogP contribution in [0.3, 0.4) is 0 Å². The first-order chi connectivity index (χ1) is 13.0. The number of nitrogens with one attached hydrogen (secondary N) is 2. The van der Waals surface area contributed by atoms with Crippen molar-refractivity contribution in [1.82, 2.24) is 10.6 Å². The van der Waals surface area contributed by atoms with Gasteiger partial charge in [0.05, 0.1) is 12.7 Å². The van der Waals surface area contributed by atoms with Gasteiger partial charge in [-0.3, -0.25) is 4.79 Å². The average Bonchev–Trinajstić information content (AvgIpc) is 2.67. The molecule has 0 radical (unpaired) electrons. The molecule has 146 valence electrons. The second kappa shape index (κ2) is 12.3. The molecule has 9 heteroatoms. The Balaban J connectivity index is 2.49. The number of carboxylic acid groups (broad SMARTS) is 1. The Morgan fingerprint density at radius 1 is 1.11 bits per heavy atom. The van der Waals surface area contributed by atoms with Gasteiger partial charge in [-0.15, -0.1) is 0 Å². The van der Waals surface area contributed by atoms with Crippen LogP contribution in [0.15, 0.2) is 30.3 Å². The van der Waals surface area contributed by atoms with Crippen molar-refractivity contribution < 1.29 is 29.3 Å². The van der Waals surface area contributed by atoms with Gasteiger partial charge in [0.2, 0.25) is 5.91 Å². The van der Waals surface area contributed by atoms with E-state index in [4.69, 9.17) is 10.00 Å². The van der Waals surface area contributed by atoms with Crippen molar-refractivity contribution in [3.05, 3.63) is 35.9 Å². The average molecular weight is 377 g/mol. The number of amides is 2. The fraction of sp³-hybridized carbons (Fsp3) is 0.444. The van der Waals surface area contributed by atoms with Crippen LogP contribution in [0, 0.1) is 11.3 Å². The number of carbonyl (C=O) groups excluding carboxylic acids is 2. The van der Waals surface area contributed by atoms with Crippen molar-refractivity contribution in [2.75, 3.05) is 6.61 Å². The number of alkyl carbamates (subject to hydrolysis) is 1. The van der Waals surface area contributed by atoms with Crippen molar-refractivity contribution >= 4 is 18.0 Å². The summed E-state index contributed by atoms with van der Waals surface area (Å²) in [6.07, 6.45) is 0.493. The van der Waals surface area contributed by atoms with Gasteiger partial charge < -0.3 is 25.6 Å². The first-order valence-corrected chi connectivity index (χ1v) is 8.46. The molecule has 1 aromatic carbocycles. The maximum absolute atomic E-state index is 12.1. The van der Waals surface area contributed by atoms with E-state index in [-0.39, 0.29) is 13.0 Å². The largest absolute Gasteiger partial charge is 0.480 e. The summed E-state index contributed by atoms with van der Waals surface area (Å²) in [5.41, 5.74) is 0.751. The molecule has 1 rings (SSSR count). The van der Waals surface area contributed by atoms with Crippen LogP contribution in [0.1, 0.15) is 31.2 Å². The summed E-state index contributed by atoms with van der Waals surface area (Å²) in [4.78, 5) is 35.1. The van der Waals surface area contributed by atoms with Crippen LogP contribution < -0.4 is 10.6 Å². The van der Waals surface area contributed by atoms with Gasteiger partial charge in [-0.25, -0.2) is 9.59 Å². The third kappa shape index (κ3) is 8.69. The van der Waals surface area contributed by atoms with E-state index in [9.17, 15) is 24.6 Å². The molecule has 0 aliphatic carbocycles. The Labute approximate surface area is 156 Å². The smallest absolute Gasteiger partial charge is 0.408 e. The van der Waals surface area contributed by atoms with E-state index < -0.39 is 36.7 Å². The minimum absolute atomic E-state index is 0.0108. The maximum Gasteiger partial charge on any atom is 0.408 e. The number of nitrogens with zero attached hydrogens (tertiary/aromatic N) is 1. The number of carboxylic acids is 1. The number of carbonyl (C=O) groups is 3. The number of aliphatic hydroxyl groups excluding tert-OH is 1. The van der Waals surface area contributed by atoms with E-state index in [1.165, 1.54) is 0 Å². The second-order valence-electron chi connectivity index (χ2n) is 5.74. The molecule has 1 aromatic rings. The zero-order valence-corrected chi connectivity index (χ0v) is 14.8. The van der Waals surface area contributed by atoms with Crippen LogP contribution in [-0.2, 0) is 20.9 Å². The van der Waals surface area contributed by atoms with Gasteiger partial charge in [-0.2, -0.15) is 5.26 Å². The topological polar surface area (TPSA) is 149 Å². The molecule has 4 N–H and O–H groups in total. The first-order valence-electron chi connectivity index (χ1n) is 8.46. The fourth-order valence-electron chi connectivity index (χ4n) is 2.18. The number of aliphatic hydroxyl groups is 1. The molecule has 0 unspecified atom stereocenters. The molecular weight excluding hydrogens is 354 g/mol. The number of aliphatic carboxylic acids is 1. The van der Waals surface area contributed by atoms with Gasteiger partial charge in [0, 0.05) is 6.42 Å². The number of rotatable bonds is 11. The molecule has 2 atom stereocenters. The minimum Gasteiger partial charge on any atom is -0.480 e. The number of unbranched alkanes of at least 4 members (excludes halogenated alkanes) is 2. The van der Waals surface area contributed by atoms with Gasteiger partial charge in [-0.1, -0.05) is 30.3 Å². The second-order valence-corrected chi connectivity index (χ2v) is 5.74. The molecule has 0 spiro atoms. The number of ether oxygens (including phenoxy) is 1. The fourth-order valence-corrected chi connectivity index (χ4v) is 2.18. The van der Waals surface area contributed by atoms with E-state index in [0.29, 0.717) is 19.3 Å². The number of hydrogen-bond donors (Lipinski definition) is 4. The lowest BCUT2D eigenvalue weighted by Gasteiger charge is -2.19. The Hall–Kier alpha value is -3.12. The molecule has 2 amide bonds. The SMILES string of the molecule is N#CCCCC[C@@H](NC(=O)[C@H](CO)NC(=O)OCc1ccccc1)C(=O)O. The highest BCUT2D eigenvalue weighted by molar-refractivity contribution is 5.89. The minimum atomic E-state index is -1.34. The zero-order chi connectivity index (χ0) is 20.1. The van der Waals surface area contributed by atoms with Crippen LogP contribution in [0.25, 0.3) is 0 Å². The van der Waals surface area contributed by atoms with Crippen molar-refractivity contribution in [2.24, 2.45) is 0 Å². The standard InChI is InChI=1S/C18H23N3O6/c19-10-6-2-5-9-14(17(24)25)20-16(23)15(11-22)21-18(26)27-12-13-7-3-1-4-8-13/h1,3-4,7-8,14-15,22H,2,5-6,9,11-12H2,(H,20,23)(H,21,26)(H,24,25)/t14-,15+/m1/s1. The number of benzene rings is 1. The monoisotopic (exact) mass is 377 g/mol. The Kier molecular flexibility index (Phi) is 9.96. The lowest BCUT2D eigenvalue weighted by molar-refractivity contribution is -0.142. The predicted molar refractivity (Wildman–Crippen MR) is 94.3 cm³/mol. The van der Waals surface area contributed by atoms with E-state index in [0.717, 1.165) is 5.56 Å². The van der Waals surface area contributed by atoms with Crippen LogP contribution in [0.5, 0.6) is 0 Å². The Bertz CT molecular complexity index is 659. The number of hydrogen-bond acceptors (Lipinski definition) is 6. The molecule has 0 saturated heterocycles. The van der Waals surface area contributed by atoms with Gasteiger partial charge in [0.15, 0.2) is 0 Å². The molecule has 0 aromatic heterocycles. The zero-order valence-electron chi connectivity index (χ0n) is 14.8. The molecule has 9 nitrogen and oxygen atoms in total. The maximum atomic E-state index is 12.1. The Morgan fingerprint density at radius 2 is 1.81 bits per heavy atom. The molecule has 0 aliphatic heterocycles. The highest BCUT2D eigenvalue weighted by atomic mass is 16.5. The number of nitriles is 1. The lowest BCUT2D eigenvalue weighted by atomic mass is 10.1. The molecule has 0 aliphatic rings. The summed E-state index contributed by atoms with van der Waals surface area (Å²) in [5.74, 6) is -2.06. The molecule has 0 fully saturated rings. The third-order valence-electron chi connectivity index (χ3n) is 3.65. The van der Waals surface area contributed by atoms with Gasteiger partial charge in [0.25, 0.3) is 0 Å². The van der Waals surface area contributed by atoms with Crippen LogP contribution in [0.2, 0.25) is 0 Å². The summed E-state index contributed by atoms with van der Waals surface area (Å²) < 4.78 is 4.97. The Morgan fingerprint density at radius 3 is 2.41 bits per heavy atom. The van der Waals surface area contributed by atoms with Crippen LogP contribution in [-0.4, -0.2) is 46.9 Å². The summed E-state index contributed by atoms with van der Waals surface area (Å²) >= 11 is 0. The summed E-state index contributed by atoms with van der Waals surface area (Å²) in [6.45, 7) is -0.726. The molecule has 27 heavy (non-hydrogen) atoms. The highest BCUT2D eigenvalue weighted by Gasteiger charge is 2.26. The van der Waals surface area contributed by atoms with Crippen LogP contribution >= 0.6 is 0 Å². The first kappa shape index (κ1) is 21.9. The molecule has 0 heterocycles. The molecular formula is C18H23N3O6. The van der Waals surface area contributed by atoms with E-state index >= 15 is 0 Å². The van der Waals surface area contributed by atoms with E-state index in [1.807, 2.05) is 12.1 Å². The van der Waals surface area contributed by atoms with Crippen molar-refractivity contribution in [3.8, 4) is 6.07 Å². The van der Waals surface area contributed by atoms with Crippen molar-refractivity contribution in [2.45, 2.75) is 44.4 Å². The lowest BCUT2D eigenvalue weighted by Crippen LogP contribution is -2.53. The van der Waals surface area contributed by atoms with Crippen LogP contribution in [0.4, 0.5) is 4.79 Å². The van der Waals surface area contributed by atoms with Gasteiger partial charge in [-0.05, 0) is 24.8 Å². The van der Waals surface area contributed by atoms with Gasteiger partial charge in [0.1, 0.15) is 18.7 Å². The quantitative estimate of drug-likeness (QED) is 0.419. The molecule has 0 bridgehead atoms. The normalized spacial score (nSPS) is 12.3. The summed E-state index contributed by atoms with van der Waals surface area (Å²) in [7, 11) is 0. The summed E-state index contributed by atoms with van der Waals surface area (Å²) in [6, 6.07) is 8.33. The predicted octanol–water partition coefficient (Wildman–Crippen LogP) is 0.927. The van der Waals surface area contributed by atoms with Crippen molar-refractivity contribution in [1.29, 1.82) is 5.26 Å². The third-order valence-corrected chi connectivity index (χ3v) is 3.65. The van der Waals surface area contributed by atoms with Gasteiger partial charge >= 0.3 is 12.1 Å². The van der Waals surface area contributed by atoms with E-state index in [1.54, 1.807) is 24.3 Å². The molecule has 0 saturated carbocycles. The highest BCUT2D eigenvalue weighted by Crippen LogP contribution is 2.05. The van der Waals surface area contributed by atoms with E-state index in [2.05, 4.69) is 10.6 Å².